The van der Waals surface area contributed by atoms with Crippen molar-refractivity contribution < 1.29 is 19.1 Å². The van der Waals surface area contributed by atoms with Gasteiger partial charge in [-0.05, 0) is 59.2 Å². The predicted octanol–water partition coefficient (Wildman–Crippen LogP) is 2.99. The smallest absolute Gasteiger partial charge is 0.408 e. The molecule has 0 bridgehead atoms. The molecule has 0 saturated heterocycles. The summed E-state index contributed by atoms with van der Waals surface area (Å²) >= 11 is 0. The van der Waals surface area contributed by atoms with Crippen molar-refractivity contribution in [2.45, 2.75) is 58.8 Å². The van der Waals surface area contributed by atoms with Gasteiger partial charge in [-0.25, -0.2) is 9.59 Å². The molecule has 0 aliphatic carbocycles. The second-order valence-electron chi connectivity index (χ2n) is 6.89. The van der Waals surface area contributed by atoms with Crippen molar-refractivity contribution in [3.8, 4) is 0 Å². The van der Waals surface area contributed by atoms with Gasteiger partial charge in [0.05, 0.1) is 0 Å². The third-order valence-electron chi connectivity index (χ3n) is 2.34. The first-order valence-corrected chi connectivity index (χ1v) is 7.10. The maximum atomic E-state index is 12.3. The fourth-order valence-electron chi connectivity index (χ4n) is 1.62. The van der Waals surface area contributed by atoms with E-state index in [2.05, 4.69) is 10.3 Å². The maximum absolute atomic E-state index is 12.3. The minimum atomic E-state index is -0.947. The van der Waals surface area contributed by atoms with Crippen molar-refractivity contribution in [1.29, 1.82) is 0 Å². The Balaban J connectivity index is 2.93. The molecule has 0 radical (unpaired) electrons. The summed E-state index contributed by atoms with van der Waals surface area (Å²) in [5.41, 5.74) is -0.728. The molecule has 22 heavy (non-hydrogen) atoms. The quantitative estimate of drug-likeness (QED) is 0.869. The number of carbonyl (C=O) groups excluding carboxylic acids is 2. The number of esters is 1. The molecule has 0 spiro atoms. The van der Waals surface area contributed by atoms with Crippen LogP contribution in [-0.4, -0.2) is 28.2 Å². The summed E-state index contributed by atoms with van der Waals surface area (Å²) in [6.07, 6.45) is 2.41. The fraction of sp³-hybridized carbons (Fsp3) is 0.562. The van der Waals surface area contributed by atoms with Crippen LogP contribution in [0.1, 0.15) is 53.1 Å². The average molecular weight is 308 g/mol. The number of hydrogen-bond acceptors (Lipinski definition) is 5. The van der Waals surface area contributed by atoms with Crippen molar-refractivity contribution in [1.82, 2.24) is 10.3 Å². The van der Waals surface area contributed by atoms with Gasteiger partial charge in [0, 0.05) is 12.4 Å². The number of pyridine rings is 1. The highest BCUT2D eigenvalue weighted by molar-refractivity contribution is 5.83. The lowest BCUT2D eigenvalue weighted by Crippen LogP contribution is -2.40. The zero-order valence-corrected chi connectivity index (χ0v) is 14.0. The van der Waals surface area contributed by atoms with Crippen LogP contribution in [0.25, 0.3) is 0 Å². The Labute approximate surface area is 131 Å². The fourth-order valence-corrected chi connectivity index (χ4v) is 1.62. The summed E-state index contributed by atoms with van der Waals surface area (Å²) in [7, 11) is 0. The van der Waals surface area contributed by atoms with E-state index in [-0.39, 0.29) is 0 Å². The largest absolute Gasteiger partial charge is 0.458 e. The van der Waals surface area contributed by atoms with Crippen LogP contribution in [-0.2, 0) is 14.3 Å². The van der Waals surface area contributed by atoms with Gasteiger partial charge < -0.3 is 14.8 Å². The Bertz CT molecular complexity index is 515. The molecule has 0 unspecified atom stereocenters. The number of nitrogens with zero attached hydrogens (tertiary/aromatic N) is 1. The number of alkyl carbamates (subject to hydrolysis) is 1. The number of amides is 1. The Morgan fingerprint density at radius 2 is 1.50 bits per heavy atom. The molecule has 1 rings (SSSR count). The van der Waals surface area contributed by atoms with Crippen LogP contribution < -0.4 is 5.32 Å². The van der Waals surface area contributed by atoms with E-state index >= 15 is 0 Å². The predicted molar refractivity (Wildman–Crippen MR) is 82.2 cm³/mol. The molecular formula is C16H24N2O4. The molecule has 6 nitrogen and oxygen atoms in total. The molecule has 1 aromatic heterocycles. The molecular weight excluding hydrogens is 284 g/mol. The highest BCUT2D eigenvalue weighted by atomic mass is 16.6. The van der Waals surface area contributed by atoms with E-state index in [1.165, 1.54) is 0 Å². The molecule has 0 aliphatic heterocycles. The van der Waals surface area contributed by atoms with Crippen molar-refractivity contribution in [3.63, 3.8) is 0 Å². The number of rotatable bonds is 3. The van der Waals surface area contributed by atoms with Crippen LogP contribution in [0, 0.1) is 0 Å². The number of carbonyl (C=O) groups is 2. The van der Waals surface area contributed by atoms with Gasteiger partial charge in [-0.15, -0.1) is 0 Å². The molecule has 0 aliphatic rings. The molecule has 0 saturated carbocycles. The van der Waals surface area contributed by atoms with E-state index in [0.29, 0.717) is 5.56 Å². The Morgan fingerprint density at radius 1 is 1.00 bits per heavy atom. The number of hydrogen-bond donors (Lipinski definition) is 1. The first-order chi connectivity index (χ1) is 9.98. The zero-order chi connectivity index (χ0) is 17.0. The minimum absolute atomic E-state index is 0.551. The van der Waals surface area contributed by atoms with E-state index in [4.69, 9.17) is 9.47 Å². The number of aromatic nitrogens is 1. The van der Waals surface area contributed by atoms with E-state index < -0.39 is 29.3 Å². The van der Waals surface area contributed by atoms with Gasteiger partial charge in [0.15, 0.2) is 6.04 Å². The van der Waals surface area contributed by atoms with Gasteiger partial charge in [0.2, 0.25) is 0 Å². The van der Waals surface area contributed by atoms with Crippen molar-refractivity contribution in [3.05, 3.63) is 30.1 Å². The summed E-state index contributed by atoms with van der Waals surface area (Å²) in [5.74, 6) is -0.551. The molecule has 1 aromatic rings. The van der Waals surface area contributed by atoms with Crippen LogP contribution in [0.2, 0.25) is 0 Å². The number of nitrogens with one attached hydrogen (secondary N) is 1. The topological polar surface area (TPSA) is 77.5 Å². The summed E-state index contributed by atoms with van der Waals surface area (Å²) in [5, 5.41) is 2.55. The lowest BCUT2D eigenvalue weighted by molar-refractivity contribution is -0.157. The molecule has 1 atom stereocenters. The average Bonchev–Trinajstić information content (AvgIpc) is 2.32. The van der Waals surface area contributed by atoms with Gasteiger partial charge in [0.25, 0.3) is 0 Å². The number of ether oxygens (including phenoxy) is 2. The Hall–Kier alpha value is -2.11. The van der Waals surface area contributed by atoms with Crippen LogP contribution in [0.15, 0.2) is 24.5 Å². The van der Waals surface area contributed by atoms with Crippen LogP contribution in [0.4, 0.5) is 4.79 Å². The highest BCUT2D eigenvalue weighted by Gasteiger charge is 2.29. The van der Waals surface area contributed by atoms with Crippen molar-refractivity contribution in [2.24, 2.45) is 0 Å². The minimum Gasteiger partial charge on any atom is -0.458 e. The standard InChI is InChI=1S/C16H24N2O4/c1-15(2,3)21-13(19)12(11-7-9-17-10-8-11)18-14(20)22-16(4,5)6/h7-10,12H,1-6H3,(H,18,20)/t12-/m1/s1. The zero-order valence-electron chi connectivity index (χ0n) is 14.0. The van der Waals surface area contributed by atoms with Gasteiger partial charge in [-0.3, -0.25) is 4.98 Å². The second-order valence-corrected chi connectivity index (χ2v) is 6.89. The van der Waals surface area contributed by atoms with Crippen LogP contribution in [0.5, 0.6) is 0 Å². The highest BCUT2D eigenvalue weighted by Crippen LogP contribution is 2.19. The summed E-state index contributed by atoms with van der Waals surface area (Å²) in [4.78, 5) is 28.2. The third kappa shape index (κ3) is 6.56. The molecule has 6 heteroatoms. The van der Waals surface area contributed by atoms with E-state index in [1.54, 1.807) is 66.1 Å². The summed E-state index contributed by atoms with van der Waals surface area (Å²) in [6, 6.07) is 2.34. The molecule has 122 valence electrons. The van der Waals surface area contributed by atoms with E-state index in [1.807, 2.05) is 0 Å². The SMILES string of the molecule is CC(C)(C)OC(=O)N[C@@H](C(=O)OC(C)(C)C)c1ccncc1. The van der Waals surface area contributed by atoms with Gasteiger partial charge in [0.1, 0.15) is 11.2 Å². The molecule has 1 N–H and O–H groups in total. The Morgan fingerprint density at radius 3 is 1.95 bits per heavy atom. The van der Waals surface area contributed by atoms with E-state index in [0.717, 1.165) is 0 Å². The molecule has 0 aromatic carbocycles. The maximum Gasteiger partial charge on any atom is 0.408 e. The van der Waals surface area contributed by atoms with Crippen LogP contribution in [0.3, 0.4) is 0 Å². The third-order valence-corrected chi connectivity index (χ3v) is 2.34. The van der Waals surface area contributed by atoms with Gasteiger partial charge >= 0.3 is 12.1 Å². The van der Waals surface area contributed by atoms with Crippen molar-refractivity contribution >= 4 is 12.1 Å². The normalized spacial score (nSPS) is 13.2. The van der Waals surface area contributed by atoms with E-state index in [9.17, 15) is 9.59 Å². The first-order valence-electron chi connectivity index (χ1n) is 7.10. The van der Waals surface area contributed by atoms with Crippen molar-refractivity contribution in [2.75, 3.05) is 0 Å². The molecule has 0 fully saturated rings. The molecule has 1 amide bonds. The van der Waals surface area contributed by atoms with Gasteiger partial charge in [-0.1, -0.05) is 0 Å². The second kappa shape index (κ2) is 6.77. The first kappa shape index (κ1) is 17.9. The summed E-state index contributed by atoms with van der Waals surface area (Å²) < 4.78 is 10.6. The molecule has 1 heterocycles. The Kier molecular flexibility index (Phi) is 5.52. The lowest BCUT2D eigenvalue weighted by Gasteiger charge is -2.26. The van der Waals surface area contributed by atoms with Gasteiger partial charge in [-0.2, -0.15) is 0 Å². The summed E-state index contributed by atoms with van der Waals surface area (Å²) in [6.45, 7) is 10.6. The lowest BCUT2D eigenvalue weighted by atomic mass is 10.1. The van der Waals surface area contributed by atoms with Crippen LogP contribution >= 0.6 is 0 Å². The monoisotopic (exact) mass is 308 g/mol.